The van der Waals surface area contributed by atoms with E-state index in [4.69, 9.17) is 10.5 Å². The van der Waals surface area contributed by atoms with E-state index in [0.29, 0.717) is 6.42 Å². The Balaban J connectivity index is 2.59. The van der Waals surface area contributed by atoms with Gasteiger partial charge in [-0.1, -0.05) is 13.0 Å². The zero-order valence-electron chi connectivity index (χ0n) is 12.4. The molecule has 0 spiro atoms. The molecule has 0 aliphatic carbocycles. The zero-order valence-corrected chi connectivity index (χ0v) is 13.2. The quantitative estimate of drug-likeness (QED) is 0.774. The van der Waals surface area contributed by atoms with Gasteiger partial charge < -0.3 is 15.8 Å². The van der Waals surface area contributed by atoms with E-state index >= 15 is 0 Å². The number of rotatable bonds is 8. The molecule has 0 bridgehead atoms. The maximum atomic E-state index is 11.9. The minimum Gasteiger partial charge on any atom is -0.491 e. The monoisotopic (exact) mass is 296 g/mol. The van der Waals surface area contributed by atoms with E-state index in [1.807, 2.05) is 37.4 Å². The average molecular weight is 296 g/mol. The molecule has 1 aromatic carbocycles. The van der Waals surface area contributed by atoms with Crippen LogP contribution in [0.15, 0.2) is 24.3 Å². The van der Waals surface area contributed by atoms with E-state index in [2.05, 4.69) is 12.2 Å². The molecule has 4 nitrogen and oxygen atoms in total. The number of amides is 1. The van der Waals surface area contributed by atoms with Crippen LogP contribution in [0, 0.1) is 0 Å². The van der Waals surface area contributed by atoms with Gasteiger partial charge >= 0.3 is 0 Å². The molecule has 1 rings (SSSR count). The van der Waals surface area contributed by atoms with Crippen molar-refractivity contribution in [3.8, 4) is 5.75 Å². The van der Waals surface area contributed by atoms with Crippen LogP contribution in [0.3, 0.4) is 0 Å². The predicted molar refractivity (Wildman–Crippen MR) is 86.4 cm³/mol. The molecule has 1 amide bonds. The van der Waals surface area contributed by atoms with Crippen molar-refractivity contribution in [3.05, 3.63) is 24.3 Å². The number of nitrogens with one attached hydrogen (secondary N) is 1. The third kappa shape index (κ3) is 5.84. The summed E-state index contributed by atoms with van der Waals surface area (Å²) in [5.74, 6) is 1.49. The van der Waals surface area contributed by atoms with Gasteiger partial charge in [0.1, 0.15) is 5.75 Å². The fourth-order valence-electron chi connectivity index (χ4n) is 1.57. The van der Waals surface area contributed by atoms with Crippen molar-refractivity contribution in [3.63, 3.8) is 0 Å². The van der Waals surface area contributed by atoms with E-state index < -0.39 is 6.04 Å². The Hall–Kier alpha value is -1.20. The second-order valence-corrected chi connectivity index (χ2v) is 5.73. The van der Waals surface area contributed by atoms with Gasteiger partial charge in [-0.3, -0.25) is 4.79 Å². The summed E-state index contributed by atoms with van der Waals surface area (Å²) in [6.45, 7) is 4.09. The lowest BCUT2D eigenvalue weighted by atomic mass is 10.2. The number of benzene rings is 1. The molecule has 0 saturated heterocycles. The number of nitrogens with two attached hydrogens (primary N) is 1. The second-order valence-electron chi connectivity index (χ2n) is 4.74. The molecule has 0 aliphatic heterocycles. The van der Waals surface area contributed by atoms with Gasteiger partial charge in [-0.2, -0.15) is 11.8 Å². The fourth-order valence-corrected chi connectivity index (χ4v) is 2.06. The molecular formula is C15H24N2O2S. The van der Waals surface area contributed by atoms with Crippen molar-refractivity contribution >= 4 is 23.4 Å². The molecule has 0 saturated carbocycles. The van der Waals surface area contributed by atoms with Crippen LogP contribution in [0.5, 0.6) is 5.75 Å². The second kappa shape index (κ2) is 8.87. The van der Waals surface area contributed by atoms with Gasteiger partial charge in [0.2, 0.25) is 5.91 Å². The molecule has 5 heteroatoms. The smallest absolute Gasteiger partial charge is 0.241 e. The topological polar surface area (TPSA) is 64.3 Å². The van der Waals surface area contributed by atoms with Crippen molar-refractivity contribution in [2.45, 2.75) is 38.8 Å². The van der Waals surface area contributed by atoms with Gasteiger partial charge in [0.15, 0.2) is 0 Å². The third-order valence-corrected chi connectivity index (χ3v) is 3.63. The Bertz CT molecular complexity index is 426. The SMILES string of the molecule is CCC(C)Oc1cccc(NC(=O)[C@@H](N)CCSC)c1. The van der Waals surface area contributed by atoms with Crippen LogP contribution in [0.2, 0.25) is 0 Å². The standard InChI is InChI=1S/C15H24N2O2S/c1-4-11(2)19-13-7-5-6-12(10-13)17-15(18)14(16)8-9-20-3/h5-7,10-11,14H,4,8-9,16H2,1-3H3,(H,17,18)/t11?,14-/m0/s1. The van der Waals surface area contributed by atoms with Crippen molar-refractivity contribution in [1.82, 2.24) is 0 Å². The number of ether oxygens (including phenoxy) is 1. The Morgan fingerprint density at radius 2 is 2.25 bits per heavy atom. The normalized spacial score (nSPS) is 13.6. The summed E-state index contributed by atoms with van der Waals surface area (Å²) in [5.41, 5.74) is 6.55. The lowest BCUT2D eigenvalue weighted by Gasteiger charge is -2.15. The van der Waals surface area contributed by atoms with Crippen LogP contribution in [0.4, 0.5) is 5.69 Å². The lowest BCUT2D eigenvalue weighted by molar-refractivity contribution is -0.117. The van der Waals surface area contributed by atoms with Gasteiger partial charge in [-0.05, 0) is 43.9 Å². The molecule has 112 valence electrons. The molecule has 0 heterocycles. The van der Waals surface area contributed by atoms with Gasteiger partial charge in [-0.15, -0.1) is 0 Å². The number of carbonyl (C=O) groups is 1. The Kier molecular flexibility index (Phi) is 7.47. The average Bonchev–Trinajstić information content (AvgIpc) is 2.44. The van der Waals surface area contributed by atoms with Gasteiger partial charge in [0.25, 0.3) is 0 Å². The summed E-state index contributed by atoms with van der Waals surface area (Å²) >= 11 is 1.69. The lowest BCUT2D eigenvalue weighted by Crippen LogP contribution is -2.36. The Labute approximate surface area is 125 Å². The first kappa shape index (κ1) is 16.9. The Morgan fingerprint density at radius 1 is 1.50 bits per heavy atom. The number of hydrogen-bond donors (Lipinski definition) is 2. The van der Waals surface area contributed by atoms with E-state index in [1.165, 1.54) is 0 Å². The summed E-state index contributed by atoms with van der Waals surface area (Å²) in [4.78, 5) is 11.9. The first-order chi connectivity index (χ1) is 9.56. The molecule has 0 aromatic heterocycles. The first-order valence-corrected chi connectivity index (χ1v) is 8.28. The molecule has 3 N–H and O–H groups in total. The molecule has 0 fully saturated rings. The van der Waals surface area contributed by atoms with Crippen LogP contribution in [-0.4, -0.2) is 30.1 Å². The summed E-state index contributed by atoms with van der Waals surface area (Å²) in [5, 5.41) is 2.83. The minimum absolute atomic E-state index is 0.153. The van der Waals surface area contributed by atoms with E-state index in [1.54, 1.807) is 11.8 Å². The number of carbonyl (C=O) groups excluding carboxylic acids is 1. The summed E-state index contributed by atoms with van der Waals surface area (Å²) < 4.78 is 5.73. The molecule has 0 aliphatic rings. The van der Waals surface area contributed by atoms with Crippen molar-refractivity contribution in [1.29, 1.82) is 0 Å². The fraction of sp³-hybridized carbons (Fsp3) is 0.533. The number of hydrogen-bond acceptors (Lipinski definition) is 4. The maximum absolute atomic E-state index is 11.9. The van der Waals surface area contributed by atoms with E-state index in [-0.39, 0.29) is 12.0 Å². The molecule has 20 heavy (non-hydrogen) atoms. The van der Waals surface area contributed by atoms with Crippen molar-refractivity contribution in [2.75, 3.05) is 17.3 Å². The molecule has 1 unspecified atom stereocenters. The zero-order chi connectivity index (χ0) is 15.0. The highest BCUT2D eigenvalue weighted by Gasteiger charge is 2.13. The van der Waals surface area contributed by atoms with Crippen LogP contribution < -0.4 is 15.8 Å². The highest BCUT2D eigenvalue weighted by Crippen LogP contribution is 2.19. The third-order valence-electron chi connectivity index (χ3n) is 2.98. The van der Waals surface area contributed by atoms with E-state index in [9.17, 15) is 4.79 Å². The van der Waals surface area contributed by atoms with Crippen molar-refractivity contribution in [2.24, 2.45) is 5.73 Å². The van der Waals surface area contributed by atoms with Crippen molar-refractivity contribution < 1.29 is 9.53 Å². The van der Waals surface area contributed by atoms with Crippen LogP contribution in [0.25, 0.3) is 0 Å². The van der Waals surface area contributed by atoms with E-state index in [0.717, 1.165) is 23.6 Å². The molecule has 1 aromatic rings. The summed E-state index contributed by atoms with van der Waals surface area (Å²) in [6, 6.07) is 6.94. The highest BCUT2D eigenvalue weighted by atomic mass is 32.2. The van der Waals surface area contributed by atoms with Gasteiger partial charge in [-0.25, -0.2) is 0 Å². The van der Waals surface area contributed by atoms with Gasteiger partial charge in [0.05, 0.1) is 12.1 Å². The van der Waals surface area contributed by atoms with Gasteiger partial charge in [0, 0.05) is 11.8 Å². The predicted octanol–water partition coefficient (Wildman–Crippen LogP) is 2.88. The molecule has 2 atom stereocenters. The van der Waals surface area contributed by atoms with Crippen LogP contribution in [-0.2, 0) is 4.79 Å². The largest absolute Gasteiger partial charge is 0.491 e. The summed E-state index contributed by atoms with van der Waals surface area (Å²) in [7, 11) is 0. The summed E-state index contributed by atoms with van der Waals surface area (Å²) in [6.07, 6.45) is 3.77. The number of thioether (sulfide) groups is 1. The first-order valence-electron chi connectivity index (χ1n) is 6.89. The minimum atomic E-state index is -0.471. The molecule has 0 radical (unpaired) electrons. The number of anilines is 1. The van der Waals surface area contributed by atoms with Crippen LogP contribution in [0.1, 0.15) is 26.7 Å². The maximum Gasteiger partial charge on any atom is 0.241 e. The molecular weight excluding hydrogens is 272 g/mol. The Morgan fingerprint density at radius 3 is 2.90 bits per heavy atom. The van der Waals surface area contributed by atoms with Crippen LogP contribution >= 0.6 is 11.8 Å². The highest BCUT2D eigenvalue weighted by molar-refractivity contribution is 7.98.